The summed E-state index contributed by atoms with van der Waals surface area (Å²) in [5.41, 5.74) is 9.11. The van der Waals surface area contributed by atoms with Gasteiger partial charge in [0.1, 0.15) is 17.7 Å². The molecular formula is C17H19BrFNO. The lowest BCUT2D eigenvalue weighted by atomic mass is 10.0. The second-order valence-corrected chi connectivity index (χ2v) is 6.11. The van der Waals surface area contributed by atoms with Gasteiger partial charge in [-0.1, -0.05) is 28.1 Å². The van der Waals surface area contributed by atoms with Crippen LogP contribution in [0.3, 0.4) is 0 Å². The molecule has 4 heteroatoms. The van der Waals surface area contributed by atoms with E-state index < -0.39 is 0 Å². The van der Waals surface area contributed by atoms with Gasteiger partial charge in [0.25, 0.3) is 0 Å². The van der Waals surface area contributed by atoms with Crippen molar-refractivity contribution in [3.63, 3.8) is 0 Å². The van der Waals surface area contributed by atoms with Gasteiger partial charge in [-0.05, 0) is 61.7 Å². The molecule has 0 aliphatic carbocycles. The van der Waals surface area contributed by atoms with Gasteiger partial charge < -0.3 is 10.5 Å². The normalized spacial score (nSPS) is 13.8. The van der Waals surface area contributed by atoms with Crippen LogP contribution in [0.4, 0.5) is 4.39 Å². The van der Waals surface area contributed by atoms with Crippen LogP contribution < -0.4 is 10.5 Å². The van der Waals surface area contributed by atoms with Crippen LogP contribution in [0.2, 0.25) is 0 Å². The molecule has 0 spiro atoms. The number of rotatable bonds is 4. The van der Waals surface area contributed by atoms with Crippen molar-refractivity contribution in [1.82, 2.24) is 0 Å². The number of hydrogen-bond acceptors (Lipinski definition) is 2. The molecule has 2 nitrogen and oxygen atoms in total. The first kappa shape index (κ1) is 16.0. The zero-order chi connectivity index (χ0) is 15.6. The number of halogens is 2. The highest BCUT2D eigenvalue weighted by molar-refractivity contribution is 9.10. The third-order valence-corrected chi connectivity index (χ3v) is 4.60. The fourth-order valence-electron chi connectivity index (χ4n) is 2.25. The molecule has 0 heterocycles. The van der Waals surface area contributed by atoms with Gasteiger partial charge in [-0.25, -0.2) is 4.39 Å². The monoisotopic (exact) mass is 351 g/mol. The molecule has 0 aromatic heterocycles. The predicted octanol–water partition coefficient (Wildman–Crippen LogP) is 4.67. The number of hydrogen-bond donors (Lipinski definition) is 1. The smallest absolute Gasteiger partial charge is 0.138 e. The van der Waals surface area contributed by atoms with Crippen molar-refractivity contribution in [1.29, 1.82) is 0 Å². The summed E-state index contributed by atoms with van der Waals surface area (Å²) in [4.78, 5) is 0. The average molecular weight is 352 g/mol. The summed E-state index contributed by atoms with van der Waals surface area (Å²) in [7, 11) is 0. The fourth-order valence-corrected chi connectivity index (χ4v) is 2.48. The van der Waals surface area contributed by atoms with Gasteiger partial charge in [0.15, 0.2) is 0 Å². The summed E-state index contributed by atoms with van der Waals surface area (Å²) in [6.45, 7) is 5.91. The molecule has 2 aromatic carbocycles. The molecule has 0 fully saturated rings. The number of nitrogens with two attached hydrogens (primary N) is 1. The third kappa shape index (κ3) is 3.83. The molecule has 0 aliphatic rings. The maximum Gasteiger partial charge on any atom is 0.138 e. The maximum atomic E-state index is 13.1. The fraction of sp³-hybridized carbons (Fsp3) is 0.294. The van der Waals surface area contributed by atoms with Crippen LogP contribution in [0.25, 0.3) is 0 Å². The summed E-state index contributed by atoms with van der Waals surface area (Å²) >= 11 is 3.54. The van der Waals surface area contributed by atoms with E-state index in [-0.39, 0.29) is 18.0 Å². The number of benzene rings is 2. The zero-order valence-electron chi connectivity index (χ0n) is 12.4. The lowest BCUT2D eigenvalue weighted by Gasteiger charge is -2.23. The van der Waals surface area contributed by atoms with Crippen molar-refractivity contribution in [3.05, 3.63) is 63.4 Å². The Balaban J connectivity index is 2.30. The predicted molar refractivity (Wildman–Crippen MR) is 87.0 cm³/mol. The van der Waals surface area contributed by atoms with Crippen LogP contribution in [-0.4, -0.2) is 6.04 Å². The van der Waals surface area contributed by atoms with Gasteiger partial charge in [-0.2, -0.15) is 0 Å². The van der Waals surface area contributed by atoms with Crippen molar-refractivity contribution in [2.75, 3.05) is 0 Å². The van der Waals surface area contributed by atoms with Gasteiger partial charge in [0.2, 0.25) is 0 Å². The molecule has 2 atom stereocenters. The molecule has 2 aromatic rings. The zero-order valence-corrected chi connectivity index (χ0v) is 13.9. The molecule has 0 bridgehead atoms. The molecule has 2 N–H and O–H groups in total. The first-order valence-corrected chi connectivity index (χ1v) is 7.62. The van der Waals surface area contributed by atoms with E-state index in [2.05, 4.69) is 15.9 Å². The van der Waals surface area contributed by atoms with Gasteiger partial charge >= 0.3 is 0 Å². The summed E-state index contributed by atoms with van der Waals surface area (Å²) in [5, 5.41) is 0. The van der Waals surface area contributed by atoms with E-state index in [0.717, 1.165) is 26.9 Å². The van der Waals surface area contributed by atoms with Gasteiger partial charge in [0, 0.05) is 10.5 Å². The lowest BCUT2D eigenvalue weighted by molar-refractivity contribution is 0.180. The molecule has 21 heavy (non-hydrogen) atoms. The Bertz CT molecular complexity index is 602. The van der Waals surface area contributed by atoms with Crippen LogP contribution in [0, 0.1) is 19.7 Å². The molecule has 2 unspecified atom stereocenters. The second-order valence-electron chi connectivity index (χ2n) is 5.32. The van der Waals surface area contributed by atoms with E-state index >= 15 is 0 Å². The Labute approximate surface area is 133 Å². The van der Waals surface area contributed by atoms with Crippen LogP contribution in [-0.2, 0) is 0 Å². The number of ether oxygens (including phenoxy) is 1. The quantitative estimate of drug-likeness (QED) is 0.868. The van der Waals surface area contributed by atoms with Crippen molar-refractivity contribution >= 4 is 15.9 Å². The molecule has 0 aliphatic heterocycles. The highest BCUT2D eigenvalue weighted by atomic mass is 79.9. The Kier molecular flexibility index (Phi) is 5.01. The first-order chi connectivity index (χ1) is 9.88. The maximum absolute atomic E-state index is 13.1. The summed E-state index contributed by atoms with van der Waals surface area (Å²) < 4.78 is 20.2. The summed E-state index contributed by atoms with van der Waals surface area (Å²) in [6.07, 6.45) is -0.314. The van der Waals surface area contributed by atoms with Gasteiger partial charge in [-0.3, -0.25) is 0 Å². The van der Waals surface area contributed by atoms with Crippen molar-refractivity contribution < 1.29 is 9.13 Å². The third-order valence-electron chi connectivity index (χ3n) is 3.35. The van der Waals surface area contributed by atoms with Gasteiger partial charge in [0.05, 0.1) is 0 Å². The molecule has 112 valence electrons. The van der Waals surface area contributed by atoms with Crippen molar-refractivity contribution in [2.45, 2.75) is 32.9 Å². The second kappa shape index (κ2) is 6.58. The van der Waals surface area contributed by atoms with Crippen LogP contribution in [0.15, 0.2) is 40.9 Å². The van der Waals surface area contributed by atoms with Crippen LogP contribution in [0.1, 0.15) is 29.7 Å². The van der Waals surface area contributed by atoms with E-state index in [1.165, 1.54) is 12.1 Å². The highest BCUT2D eigenvalue weighted by Gasteiger charge is 2.19. The molecule has 2 rings (SSSR count). The first-order valence-electron chi connectivity index (χ1n) is 6.83. The SMILES string of the molecule is Cc1cc(OC(c2ccc(F)cc2)C(C)N)cc(C)c1Br. The topological polar surface area (TPSA) is 35.2 Å². The molecule has 0 amide bonds. The molecule has 0 saturated heterocycles. The minimum Gasteiger partial charge on any atom is -0.484 e. The number of aryl methyl sites for hydroxylation is 2. The van der Waals surface area contributed by atoms with Gasteiger partial charge in [-0.15, -0.1) is 0 Å². The van der Waals surface area contributed by atoms with E-state index in [1.807, 2.05) is 32.9 Å². The van der Waals surface area contributed by atoms with Crippen LogP contribution in [0.5, 0.6) is 5.75 Å². The standard InChI is InChI=1S/C17H19BrFNO/c1-10-8-15(9-11(2)16(10)18)21-17(12(3)20)13-4-6-14(19)7-5-13/h4-9,12,17H,20H2,1-3H3. The summed E-state index contributed by atoms with van der Waals surface area (Å²) in [5.74, 6) is 0.498. The minimum atomic E-state index is -0.314. The Morgan fingerprint density at radius 2 is 1.62 bits per heavy atom. The van der Waals surface area contributed by atoms with E-state index in [0.29, 0.717) is 0 Å². The molecule has 0 saturated carbocycles. The molecular weight excluding hydrogens is 333 g/mol. The van der Waals surface area contributed by atoms with E-state index in [4.69, 9.17) is 10.5 Å². The Hall–Kier alpha value is -1.39. The van der Waals surface area contributed by atoms with E-state index in [9.17, 15) is 4.39 Å². The summed E-state index contributed by atoms with van der Waals surface area (Å²) in [6, 6.07) is 9.99. The van der Waals surface area contributed by atoms with Crippen molar-refractivity contribution in [2.24, 2.45) is 5.73 Å². The highest BCUT2D eigenvalue weighted by Crippen LogP contribution is 2.30. The van der Waals surface area contributed by atoms with E-state index in [1.54, 1.807) is 12.1 Å². The molecule has 0 radical (unpaired) electrons. The van der Waals surface area contributed by atoms with Crippen molar-refractivity contribution in [3.8, 4) is 5.75 Å². The lowest BCUT2D eigenvalue weighted by Crippen LogP contribution is -2.29. The van der Waals surface area contributed by atoms with Crippen LogP contribution >= 0.6 is 15.9 Å². The average Bonchev–Trinajstić information content (AvgIpc) is 2.43. The Morgan fingerprint density at radius 3 is 2.10 bits per heavy atom. The largest absolute Gasteiger partial charge is 0.484 e. The minimum absolute atomic E-state index is 0.209. The Morgan fingerprint density at radius 1 is 1.10 bits per heavy atom.